The topological polar surface area (TPSA) is 17.1 Å². The first kappa shape index (κ1) is 10.7. The largest absolute Gasteiger partial charge is 0.299 e. The molecule has 2 aliphatic rings. The molecule has 0 aromatic heterocycles. The lowest BCUT2D eigenvalue weighted by atomic mass is 9.61. The highest BCUT2D eigenvalue weighted by atomic mass is 16.1. The molecule has 0 N–H and O–H groups in total. The molecule has 0 aromatic carbocycles. The molecule has 1 atom stereocenters. The van der Waals surface area contributed by atoms with Crippen LogP contribution in [0.2, 0.25) is 0 Å². The van der Waals surface area contributed by atoms with Crippen LogP contribution in [0.15, 0.2) is 23.8 Å². The van der Waals surface area contributed by atoms with Gasteiger partial charge in [-0.2, -0.15) is 0 Å². The van der Waals surface area contributed by atoms with Gasteiger partial charge in [0.25, 0.3) is 0 Å². The summed E-state index contributed by atoms with van der Waals surface area (Å²) < 4.78 is 0. The van der Waals surface area contributed by atoms with E-state index in [9.17, 15) is 4.79 Å². The molecule has 82 valence electrons. The molecule has 0 aliphatic heterocycles. The molecule has 1 nitrogen and oxygen atoms in total. The fourth-order valence-electron chi connectivity index (χ4n) is 3.13. The summed E-state index contributed by atoms with van der Waals surface area (Å²) in [6, 6.07) is 0. The Kier molecular flexibility index (Phi) is 2.57. The van der Waals surface area contributed by atoms with Crippen LogP contribution in [0.3, 0.4) is 0 Å². The zero-order valence-corrected chi connectivity index (χ0v) is 9.81. The average Bonchev–Trinajstić information content (AvgIpc) is 2.14. The normalized spacial score (nSPS) is 34.0. The van der Waals surface area contributed by atoms with Gasteiger partial charge in [-0.05, 0) is 36.7 Å². The maximum absolute atomic E-state index is 12.0. The zero-order chi connectivity index (χ0) is 11.1. The third-order valence-corrected chi connectivity index (χ3v) is 4.05. The summed E-state index contributed by atoms with van der Waals surface area (Å²) in [7, 11) is 0. The fraction of sp³-hybridized carbons (Fsp3) is 0.643. The molecule has 0 amide bonds. The second-order valence-corrected chi connectivity index (χ2v) is 5.39. The van der Waals surface area contributed by atoms with Gasteiger partial charge < -0.3 is 0 Å². The van der Waals surface area contributed by atoms with Gasteiger partial charge in [0.2, 0.25) is 0 Å². The fourth-order valence-corrected chi connectivity index (χ4v) is 3.13. The predicted octanol–water partition coefficient (Wildman–Crippen LogP) is 3.66. The van der Waals surface area contributed by atoms with Crippen LogP contribution in [-0.2, 0) is 4.79 Å². The van der Waals surface area contributed by atoms with Gasteiger partial charge in [-0.1, -0.05) is 32.1 Å². The van der Waals surface area contributed by atoms with Crippen LogP contribution in [0, 0.1) is 11.3 Å². The lowest BCUT2D eigenvalue weighted by Crippen LogP contribution is -2.37. The Balaban J connectivity index is 2.44. The zero-order valence-electron chi connectivity index (χ0n) is 9.81. The quantitative estimate of drug-likeness (QED) is 0.588. The number of hydrogen-bond acceptors (Lipinski definition) is 1. The van der Waals surface area contributed by atoms with Crippen LogP contribution in [-0.4, -0.2) is 5.78 Å². The van der Waals surface area contributed by atoms with E-state index in [1.54, 1.807) is 0 Å². The summed E-state index contributed by atoms with van der Waals surface area (Å²) in [4.78, 5) is 12.0. The van der Waals surface area contributed by atoms with Crippen molar-refractivity contribution in [1.29, 1.82) is 0 Å². The highest BCUT2D eigenvalue weighted by Gasteiger charge is 2.41. The Bertz CT molecular complexity index is 333. The first-order valence-electron chi connectivity index (χ1n) is 5.95. The molecule has 2 bridgehead atoms. The number of allylic oxidation sites excluding steroid dienone is 3. The van der Waals surface area contributed by atoms with E-state index in [0.29, 0.717) is 5.78 Å². The maximum Gasteiger partial charge on any atom is 0.136 e. The van der Waals surface area contributed by atoms with Crippen LogP contribution in [0.25, 0.3) is 0 Å². The Hall–Kier alpha value is -0.850. The average molecular weight is 204 g/mol. The van der Waals surface area contributed by atoms with Crippen molar-refractivity contribution in [3.05, 3.63) is 23.8 Å². The SMILES string of the molecule is C=C1CC[C@@H]2C(=O)CCC/C=C/1C2(C)C. The molecule has 1 saturated carbocycles. The third kappa shape index (κ3) is 1.68. The second-order valence-electron chi connectivity index (χ2n) is 5.39. The Morgan fingerprint density at radius 2 is 2.13 bits per heavy atom. The molecule has 0 heterocycles. The maximum atomic E-state index is 12.0. The number of Topliss-reactive ketones (excluding diaryl/α,β-unsaturated/α-hetero) is 1. The molecule has 0 spiro atoms. The molecule has 2 aliphatic carbocycles. The summed E-state index contributed by atoms with van der Waals surface area (Å²) >= 11 is 0. The van der Waals surface area contributed by atoms with Crippen molar-refractivity contribution in [3.8, 4) is 0 Å². The smallest absolute Gasteiger partial charge is 0.136 e. The van der Waals surface area contributed by atoms with Gasteiger partial charge in [0, 0.05) is 12.3 Å². The van der Waals surface area contributed by atoms with Gasteiger partial charge >= 0.3 is 0 Å². The van der Waals surface area contributed by atoms with Crippen LogP contribution in [0.4, 0.5) is 0 Å². The summed E-state index contributed by atoms with van der Waals surface area (Å²) in [5, 5.41) is 0. The van der Waals surface area contributed by atoms with Crippen molar-refractivity contribution in [1.82, 2.24) is 0 Å². The first-order chi connectivity index (χ1) is 7.03. The number of fused-ring (bicyclic) bond motifs is 2. The Morgan fingerprint density at radius 3 is 2.87 bits per heavy atom. The second kappa shape index (κ2) is 3.62. The minimum atomic E-state index is 0.0207. The van der Waals surface area contributed by atoms with E-state index in [1.807, 2.05) is 0 Å². The molecular weight excluding hydrogens is 184 g/mol. The third-order valence-electron chi connectivity index (χ3n) is 4.05. The van der Waals surface area contributed by atoms with Gasteiger partial charge in [-0.3, -0.25) is 4.79 Å². The highest BCUT2D eigenvalue weighted by molar-refractivity contribution is 5.83. The van der Waals surface area contributed by atoms with Crippen molar-refractivity contribution in [3.63, 3.8) is 0 Å². The Morgan fingerprint density at radius 1 is 1.40 bits per heavy atom. The Labute approximate surface area is 92.3 Å². The van der Waals surface area contributed by atoms with Crippen LogP contribution in [0.5, 0.6) is 0 Å². The van der Waals surface area contributed by atoms with Gasteiger partial charge in [0.15, 0.2) is 0 Å². The van der Waals surface area contributed by atoms with E-state index in [0.717, 1.165) is 32.1 Å². The molecule has 0 radical (unpaired) electrons. The molecule has 0 aromatic rings. The summed E-state index contributed by atoms with van der Waals surface area (Å²) in [6.45, 7) is 8.56. The molecule has 0 saturated heterocycles. The number of ketones is 1. The van der Waals surface area contributed by atoms with Crippen molar-refractivity contribution in [2.24, 2.45) is 11.3 Å². The number of rotatable bonds is 0. The lowest BCUT2D eigenvalue weighted by Gasteiger charge is -2.42. The van der Waals surface area contributed by atoms with Gasteiger partial charge in [-0.25, -0.2) is 0 Å². The molecular formula is C14H20O. The van der Waals surface area contributed by atoms with Gasteiger partial charge in [0.1, 0.15) is 5.78 Å². The molecule has 0 unspecified atom stereocenters. The van der Waals surface area contributed by atoms with Crippen molar-refractivity contribution in [2.45, 2.75) is 46.0 Å². The minimum absolute atomic E-state index is 0.0207. The highest BCUT2D eigenvalue weighted by Crippen LogP contribution is 2.48. The number of hydrogen-bond donors (Lipinski definition) is 0. The molecule has 15 heavy (non-hydrogen) atoms. The molecule has 2 rings (SSSR count). The van der Waals surface area contributed by atoms with Crippen LogP contribution in [0.1, 0.15) is 46.0 Å². The lowest BCUT2D eigenvalue weighted by molar-refractivity contribution is -0.126. The van der Waals surface area contributed by atoms with Crippen LogP contribution < -0.4 is 0 Å². The number of carbonyl (C=O) groups excluding carboxylic acids is 1. The summed E-state index contributed by atoms with van der Waals surface area (Å²) in [6.07, 6.45) is 7.15. The standard InChI is InChI=1S/C14H20O/c1-10-8-9-12-13(15)7-5-4-6-11(10)14(12,2)3/h6,12H,1,4-5,7-9H2,2-3H3/b11-6-/t12-/m1/s1. The molecule has 1 fully saturated rings. The minimum Gasteiger partial charge on any atom is -0.299 e. The van der Waals surface area contributed by atoms with E-state index in [-0.39, 0.29) is 11.3 Å². The van der Waals surface area contributed by atoms with E-state index in [2.05, 4.69) is 26.5 Å². The van der Waals surface area contributed by atoms with E-state index >= 15 is 0 Å². The van der Waals surface area contributed by atoms with E-state index in [4.69, 9.17) is 0 Å². The first-order valence-corrected chi connectivity index (χ1v) is 5.95. The van der Waals surface area contributed by atoms with E-state index < -0.39 is 0 Å². The van der Waals surface area contributed by atoms with Crippen molar-refractivity contribution in [2.75, 3.05) is 0 Å². The van der Waals surface area contributed by atoms with Gasteiger partial charge in [0.05, 0.1) is 0 Å². The van der Waals surface area contributed by atoms with Crippen molar-refractivity contribution >= 4 is 5.78 Å². The van der Waals surface area contributed by atoms with E-state index in [1.165, 1.54) is 11.1 Å². The molecule has 1 heteroatoms. The van der Waals surface area contributed by atoms with Gasteiger partial charge in [-0.15, -0.1) is 0 Å². The van der Waals surface area contributed by atoms with Crippen molar-refractivity contribution < 1.29 is 4.79 Å². The summed E-state index contributed by atoms with van der Waals surface area (Å²) in [5.41, 5.74) is 2.63. The van der Waals surface area contributed by atoms with Crippen LogP contribution >= 0.6 is 0 Å². The monoisotopic (exact) mass is 204 g/mol. The predicted molar refractivity (Wildman–Crippen MR) is 62.6 cm³/mol. The number of carbonyl (C=O) groups is 1. The summed E-state index contributed by atoms with van der Waals surface area (Å²) in [5.74, 6) is 0.702.